The molecule has 0 aliphatic heterocycles. The minimum Gasteiger partial charge on any atom is -0.378 e. The van der Waals surface area contributed by atoms with Crippen molar-refractivity contribution < 1.29 is 0 Å². The standard InChI is InChI=1S/C21H18N2/c1-23(2)21-11-7-16(8-12-21)13-20(15-22)19-10-9-17-5-3-4-6-18(17)14-19/h3-14H,1-2H3. The Morgan fingerprint density at radius 2 is 1.61 bits per heavy atom. The van der Waals surface area contributed by atoms with Gasteiger partial charge in [0.05, 0.1) is 11.6 Å². The highest BCUT2D eigenvalue weighted by molar-refractivity contribution is 5.94. The van der Waals surface area contributed by atoms with Crippen LogP contribution in [0.2, 0.25) is 0 Å². The van der Waals surface area contributed by atoms with E-state index in [1.807, 2.05) is 50.5 Å². The van der Waals surface area contributed by atoms with Crippen molar-refractivity contribution in [3.63, 3.8) is 0 Å². The van der Waals surface area contributed by atoms with Crippen molar-refractivity contribution in [2.45, 2.75) is 0 Å². The van der Waals surface area contributed by atoms with E-state index in [0.717, 1.165) is 22.2 Å². The number of allylic oxidation sites excluding steroid dienone is 1. The van der Waals surface area contributed by atoms with Gasteiger partial charge < -0.3 is 4.90 Å². The molecule has 0 aliphatic carbocycles. The Kier molecular flexibility index (Phi) is 4.12. The Labute approximate surface area is 136 Å². The predicted molar refractivity (Wildman–Crippen MR) is 98.2 cm³/mol. The van der Waals surface area contributed by atoms with Gasteiger partial charge in [-0.3, -0.25) is 0 Å². The summed E-state index contributed by atoms with van der Waals surface area (Å²) >= 11 is 0. The SMILES string of the molecule is CN(C)c1ccc(C=C(C#N)c2ccc3ccccc3c2)cc1. The van der Waals surface area contributed by atoms with E-state index in [0.29, 0.717) is 5.57 Å². The maximum absolute atomic E-state index is 9.53. The van der Waals surface area contributed by atoms with Crippen LogP contribution in [0.3, 0.4) is 0 Å². The Morgan fingerprint density at radius 3 is 2.26 bits per heavy atom. The molecule has 0 fully saturated rings. The molecule has 0 N–H and O–H groups in total. The Bertz CT molecular complexity index is 897. The minimum atomic E-state index is 0.674. The van der Waals surface area contributed by atoms with Gasteiger partial charge in [0.15, 0.2) is 0 Å². The lowest BCUT2D eigenvalue weighted by atomic mass is 10.00. The van der Waals surface area contributed by atoms with E-state index < -0.39 is 0 Å². The number of hydrogen-bond acceptors (Lipinski definition) is 2. The van der Waals surface area contributed by atoms with Crippen LogP contribution in [0.1, 0.15) is 11.1 Å². The van der Waals surface area contributed by atoms with Crippen molar-refractivity contribution in [3.05, 3.63) is 77.9 Å². The first kappa shape index (κ1) is 14.9. The molecule has 0 aromatic heterocycles. The fourth-order valence-corrected chi connectivity index (χ4v) is 2.57. The summed E-state index contributed by atoms with van der Waals surface area (Å²) in [5.41, 5.74) is 3.79. The number of fused-ring (bicyclic) bond motifs is 1. The van der Waals surface area contributed by atoms with Crippen LogP contribution in [0.5, 0.6) is 0 Å². The summed E-state index contributed by atoms with van der Waals surface area (Å²) in [4.78, 5) is 2.06. The van der Waals surface area contributed by atoms with E-state index in [2.05, 4.69) is 47.4 Å². The fourth-order valence-electron chi connectivity index (χ4n) is 2.57. The van der Waals surface area contributed by atoms with E-state index in [4.69, 9.17) is 0 Å². The summed E-state index contributed by atoms with van der Waals surface area (Å²) in [7, 11) is 4.03. The molecular weight excluding hydrogens is 280 g/mol. The van der Waals surface area contributed by atoms with Gasteiger partial charge in [-0.15, -0.1) is 0 Å². The van der Waals surface area contributed by atoms with Gasteiger partial charge in [0, 0.05) is 19.8 Å². The molecule has 112 valence electrons. The smallest absolute Gasteiger partial charge is 0.0998 e. The van der Waals surface area contributed by atoms with Gasteiger partial charge in [-0.05, 0) is 46.2 Å². The molecular formula is C21H18N2. The molecule has 0 radical (unpaired) electrons. The monoisotopic (exact) mass is 298 g/mol. The summed E-state index contributed by atoms with van der Waals surface area (Å²) < 4.78 is 0. The van der Waals surface area contributed by atoms with Crippen LogP contribution in [0.25, 0.3) is 22.4 Å². The second-order valence-electron chi connectivity index (χ2n) is 5.72. The highest BCUT2D eigenvalue weighted by Gasteiger charge is 2.03. The molecule has 0 spiro atoms. The average molecular weight is 298 g/mol. The molecule has 0 bridgehead atoms. The van der Waals surface area contributed by atoms with Crippen LogP contribution < -0.4 is 4.90 Å². The summed E-state index contributed by atoms with van der Waals surface area (Å²) in [5.74, 6) is 0. The Hall–Kier alpha value is -3.05. The van der Waals surface area contributed by atoms with Gasteiger partial charge in [-0.1, -0.05) is 48.5 Å². The average Bonchev–Trinajstić information content (AvgIpc) is 2.59. The van der Waals surface area contributed by atoms with Crippen molar-refractivity contribution in [1.82, 2.24) is 0 Å². The molecule has 3 aromatic rings. The van der Waals surface area contributed by atoms with Crippen LogP contribution in [0.4, 0.5) is 5.69 Å². The normalized spacial score (nSPS) is 11.3. The first-order valence-electron chi connectivity index (χ1n) is 7.56. The van der Waals surface area contributed by atoms with Crippen molar-refractivity contribution in [2.75, 3.05) is 19.0 Å². The topological polar surface area (TPSA) is 27.0 Å². The number of rotatable bonds is 3. The lowest BCUT2D eigenvalue weighted by molar-refractivity contribution is 1.13. The third-order valence-corrected chi connectivity index (χ3v) is 3.90. The van der Waals surface area contributed by atoms with Gasteiger partial charge in [0.2, 0.25) is 0 Å². The van der Waals surface area contributed by atoms with E-state index in [1.54, 1.807) is 0 Å². The highest BCUT2D eigenvalue weighted by atomic mass is 15.1. The van der Waals surface area contributed by atoms with Crippen molar-refractivity contribution in [3.8, 4) is 6.07 Å². The maximum atomic E-state index is 9.53. The van der Waals surface area contributed by atoms with Crippen molar-refractivity contribution >= 4 is 28.1 Å². The summed E-state index contributed by atoms with van der Waals surface area (Å²) in [5, 5.41) is 11.9. The van der Waals surface area contributed by atoms with E-state index >= 15 is 0 Å². The summed E-state index contributed by atoms with van der Waals surface area (Å²) in [6, 6.07) is 24.8. The van der Waals surface area contributed by atoms with E-state index in [1.165, 1.54) is 5.39 Å². The molecule has 0 heterocycles. The molecule has 2 nitrogen and oxygen atoms in total. The van der Waals surface area contributed by atoms with Crippen molar-refractivity contribution in [1.29, 1.82) is 5.26 Å². The molecule has 0 unspecified atom stereocenters. The zero-order valence-corrected chi connectivity index (χ0v) is 13.3. The molecule has 0 amide bonds. The molecule has 2 heteroatoms. The van der Waals surface area contributed by atoms with Gasteiger partial charge in [-0.2, -0.15) is 5.26 Å². The van der Waals surface area contributed by atoms with E-state index in [9.17, 15) is 5.26 Å². The molecule has 0 saturated carbocycles. The van der Waals surface area contributed by atoms with Gasteiger partial charge in [-0.25, -0.2) is 0 Å². The van der Waals surface area contributed by atoms with Crippen LogP contribution >= 0.6 is 0 Å². The fraction of sp³-hybridized carbons (Fsp3) is 0.0952. The maximum Gasteiger partial charge on any atom is 0.0998 e. The third kappa shape index (κ3) is 3.25. The zero-order chi connectivity index (χ0) is 16.2. The Morgan fingerprint density at radius 1 is 0.913 bits per heavy atom. The number of anilines is 1. The lowest BCUT2D eigenvalue weighted by Crippen LogP contribution is -2.07. The molecule has 0 atom stereocenters. The molecule has 0 aliphatic rings. The Balaban J connectivity index is 1.98. The van der Waals surface area contributed by atoms with E-state index in [-0.39, 0.29) is 0 Å². The zero-order valence-electron chi connectivity index (χ0n) is 13.3. The molecule has 3 rings (SSSR count). The number of nitrogens with zero attached hydrogens (tertiary/aromatic N) is 2. The lowest BCUT2D eigenvalue weighted by Gasteiger charge is -2.12. The molecule has 3 aromatic carbocycles. The largest absolute Gasteiger partial charge is 0.378 e. The number of benzene rings is 3. The van der Waals surface area contributed by atoms with Crippen LogP contribution in [-0.4, -0.2) is 14.1 Å². The van der Waals surface area contributed by atoms with Crippen LogP contribution in [0, 0.1) is 11.3 Å². The predicted octanol–water partition coefficient (Wildman–Crippen LogP) is 4.97. The molecule has 0 saturated heterocycles. The van der Waals surface area contributed by atoms with Crippen LogP contribution in [0.15, 0.2) is 66.7 Å². The first-order valence-corrected chi connectivity index (χ1v) is 7.56. The summed E-state index contributed by atoms with van der Waals surface area (Å²) in [6.07, 6.45) is 1.93. The minimum absolute atomic E-state index is 0.674. The second-order valence-corrected chi connectivity index (χ2v) is 5.72. The molecule has 23 heavy (non-hydrogen) atoms. The van der Waals surface area contributed by atoms with Gasteiger partial charge in [0.25, 0.3) is 0 Å². The second kappa shape index (κ2) is 6.37. The van der Waals surface area contributed by atoms with Crippen LogP contribution in [-0.2, 0) is 0 Å². The quantitative estimate of drug-likeness (QED) is 0.504. The van der Waals surface area contributed by atoms with Crippen molar-refractivity contribution in [2.24, 2.45) is 0 Å². The van der Waals surface area contributed by atoms with Gasteiger partial charge in [0.1, 0.15) is 0 Å². The summed E-state index contributed by atoms with van der Waals surface area (Å²) in [6.45, 7) is 0. The van der Waals surface area contributed by atoms with Gasteiger partial charge >= 0.3 is 0 Å². The number of nitriles is 1. The third-order valence-electron chi connectivity index (χ3n) is 3.90. The first-order chi connectivity index (χ1) is 11.2. The highest BCUT2D eigenvalue weighted by Crippen LogP contribution is 2.23. The number of hydrogen-bond donors (Lipinski definition) is 0.